The zero-order chi connectivity index (χ0) is 18.8. The lowest BCUT2D eigenvalue weighted by Gasteiger charge is -2.21. The molecule has 0 unspecified atom stereocenters. The molecule has 0 fully saturated rings. The number of hydrogen-bond donors (Lipinski definition) is 2. The molecule has 0 aliphatic heterocycles. The minimum Gasteiger partial charge on any atom is -0.395 e. The SMILES string of the molecule is CCN(/C=C(/C#N)C(=O)NC(c1ccccc1)c1ccccc1)CCO. The van der Waals surface area contributed by atoms with Crippen molar-refractivity contribution in [3.63, 3.8) is 0 Å². The van der Waals surface area contributed by atoms with E-state index in [9.17, 15) is 10.1 Å². The molecule has 2 N–H and O–H groups in total. The monoisotopic (exact) mass is 349 g/mol. The Morgan fingerprint density at radius 1 is 1.15 bits per heavy atom. The molecule has 0 aromatic heterocycles. The van der Waals surface area contributed by atoms with E-state index in [1.165, 1.54) is 6.20 Å². The van der Waals surface area contributed by atoms with Crippen molar-refractivity contribution in [1.29, 1.82) is 5.26 Å². The minimum atomic E-state index is -0.443. The predicted molar refractivity (Wildman–Crippen MR) is 101 cm³/mol. The normalized spacial score (nSPS) is 11.1. The summed E-state index contributed by atoms with van der Waals surface area (Å²) in [5.41, 5.74) is 1.89. The molecule has 0 aliphatic carbocycles. The number of benzene rings is 2. The third kappa shape index (κ3) is 5.20. The second-order valence-electron chi connectivity index (χ2n) is 5.73. The number of carbonyl (C=O) groups is 1. The van der Waals surface area contributed by atoms with Crippen molar-refractivity contribution in [2.24, 2.45) is 0 Å². The summed E-state index contributed by atoms with van der Waals surface area (Å²) in [6.07, 6.45) is 1.50. The molecule has 0 aliphatic rings. The number of aliphatic hydroxyl groups is 1. The molecule has 134 valence electrons. The molecular weight excluding hydrogens is 326 g/mol. The number of nitrogens with zero attached hydrogens (tertiary/aromatic N) is 2. The van der Waals surface area contributed by atoms with Crippen LogP contribution in [-0.2, 0) is 4.79 Å². The van der Waals surface area contributed by atoms with Gasteiger partial charge in [0, 0.05) is 19.3 Å². The van der Waals surface area contributed by atoms with E-state index in [-0.39, 0.29) is 18.2 Å². The van der Waals surface area contributed by atoms with Crippen LogP contribution in [0.5, 0.6) is 0 Å². The van der Waals surface area contributed by atoms with Gasteiger partial charge in [-0.25, -0.2) is 0 Å². The minimum absolute atomic E-state index is 0.0113. The van der Waals surface area contributed by atoms with Gasteiger partial charge in [0.25, 0.3) is 5.91 Å². The first-order valence-electron chi connectivity index (χ1n) is 8.57. The second-order valence-corrected chi connectivity index (χ2v) is 5.73. The van der Waals surface area contributed by atoms with Crippen LogP contribution in [0.2, 0.25) is 0 Å². The van der Waals surface area contributed by atoms with Crippen LogP contribution >= 0.6 is 0 Å². The molecule has 5 nitrogen and oxygen atoms in total. The molecule has 2 aromatic carbocycles. The summed E-state index contributed by atoms with van der Waals surface area (Å²) in [4.78, 5) is 14.4. The maximum atomic E-state index is 12.7. The quantitative estimate of drug-likeness (QED) is 0.567. The first kappa shape index (κ1) is 19.2. The summed E-state index contributed by atoms with van der Waals surface area (Å²) < 4.78 is 0. The molecule has 1 amide bonds. The zero-order valence-electron chi connectivity index (χ0n) is 14.8. The number of likely N-dealkylation sites (N-methyl/N-ethyl adjacent to an activating group) is 1. The maximum absolute atomic E-state index is 12.7. The highest BCUT2D eigenvalue weighted by Crippen LogP contribution is 2.22. The Kier molecular flexibility index (Phi) is 7.41. The Labute approximate surface area is 154 Å². The standard InChI is InChI=1S/C21H23N3O2/c1-2-24(13-14-25)16-19(15-22)21(26)23-20(17-9-5-3-6-10-17)18-11-7-4-8-12-18/h3-12,16,20,25H,2,13-14H2,1H3,(H,23,26)/b19-16-. The number of carbonyl (C=O) groups excluding carboxylic acids is 1. The van der Waals surface area contributed by atoms with Gasteiger partial charge in [0.05, 0.1) is 12.6 Å². The smallest absolute Gasteiger partial charge is 0.264 e. The fourth-order valence-electron chi connectivity index (χ4n) is 2.62. The summed E-state index contributed by atoms with van der Waals surface area (Å²) in [5, 5.41) is 21.4. The molecule has 2 rings (SSSR count). The van der Waals surface area contributed by atoms with Gasteiger partial charge >= 0.3 is 0 Å². The first-order valence-corrected chi connectivity index (χ1v) is 8.57. The molecule has 0 radical (unpaired) electrons. The predicted octanol–water partition coefficient (Wildman–Crippen LogP) is 2.61. The number of rotatable bonds is 8. The highest BCUT2D eigenvalue weighted by Gasteiger charge is 2.19. The Morgan fingerprint density at radius 2 is 1.69 bits per heavy atom. The van der Waals surface area contributed by atoms with Crippen LogP contribution in [0.4, 0.5) is 0 Å². The lowest BCUT2D eigenvalue weighted by atomic mass is 9.98. The van der Waals surface area contributed by atoms with Gasteiger partial charge in [-0.1, -0.05) is 60.7 Å². The molecule has 0 saturated heterocycles. The summed E-state index contributed by atoms with van der Waals surface area (Å²) in [6.45, 7) is 2.83. The van der Waals surface area contributed by atoms with Gasteiger partial charge in [0.1, 0.15) is 11.6 Å². The third-order valence-corrected chi connectivity index (χ3v) is 4.01. The van der Waals surface area contributed by atoms with Crippen LogP contribution in [0.1, 0.15) is 24.1 Å². The van der Waals surface area contributed by atoms with E-state index in [0.717, 1.165) is 11.1 Å². The molecule has 0 atom stereocenters. The number of hydrogen-bond acceptors (Lipinski definition) is 4. The van der Waals surface area contributed by atoms with Gasteiger partial charge in [-0.3, -0.25) is 4.79 Å². The van der Waals surface area contributed by atoms with E-state index in [1.54, 1.807) is 4.90 Å². The van der Waals surface area contributed by atoms with Crippen molar-refractivity contribution in [2.75, 3.05) is 19.7 Å². The second kappa shape index (κ2) is 10.0. The van der Waals surface area contributed by atoms with Crippen LogP contribution in [0.25, 0.3) is 0 Å². The Bertz CT molecular complexity index is 727. The van der Waals surface area contributed by atoms with Crippen molar-refractivity contribution < 1.29 is 9.90 Å². The fourth-order valence-corrected chi connectivity index (χ4v) is 2.62. The Hall–Kier alpha value is -3.10. The van der Waals surface area contributed by atoms with Crippen LogP contribution in [0.3, 0.4) is 0 Å². The fraction of sp³-hybridized carbons (Fsp3) is 0.238. The molecule has 2 aromatic rings. The van der Waals surface area contributed by atoms with Crippen LogP contribution in [0.15, 0.2) is 72.4 Å². The third-order valence-electron chi connectivity index (χ3n) is 4.01. The van der Waals surface area contributed by atoms with E-state index < -0.39 is 5.91 Å². The topological polar surface area (TPSA) is 76.4 Å². The van der Waals surface area contributed by atoms with Crippen LogP contribution in [0, 0.1) is 11.3 Å². The lowest BCUT2D eigenvalue weighted by molar-refractivity contribution is -0.117. The summed E-state index contributed by atoms with van der Waals surface area (Å²) in [6, 6.07) is 20.9. The van der Waals surface area contributed by atoms with Crippen molar-refractivity contribution in [1.82, 2.24) is 10.2 Å². The van der Waals surface area contributed by atoms with Gasteiger partial charge in [-0.15, -0.1) is 0 Å². The van der Waals surface area contributed by atoms with Gasteiger partial charge < -0.3 is 15.3 Å². The van der Waals surface area contributed by atoms with Gasteiger partial charge in [0.2, 0.25) is 0 Å². The average molecular weight is 349 g/mol. The summed E-state index contributed by atoms with van der Waals surface area (Å²) in [7, 11) is 0. The Morgan fingerprint density at radius 3 is 2.12 bits per heavy atom. The van der Waals surface area contributed by atoms with Crippen molar-refractivity contribution >= 4 is 5.91 Å². The van der Waals surface area contributed by atoms with Gasteiger partial charge in [0.15, 0.2) is 0 Å². The number of aliphatic hydroxyl groups excluding tert-OH is 1. The molecule has 0 heterocycles. The average Bonchev–Trinajstić information content (AvgIpc) is 2.70. The maximum Gasteiger partial charge on any atom is 0.264 e. The largest absolute Gasteiger partial charge is 0.395 e. The molecule has 26 heavy (non-hydrogen) atoms. The molecule has 0 spiro atoms. The molecule has 5 heteroatoms. The summed E-state index contributed by atoms with van der Waals surface area (Å²) in [5.74, 6) is -0.443. The van der Waals surface area contributed by atoms with E-state index in [1.807, 2.05) is 73.7 Å². The van der Waals surface area contributed by atoms with Gasteiger partial charge in [-0.2, -0.15) is 5.26 Å². The highest BCUT2D eigenvalue weighted by atomic mass is 16.3. The molecule has 0 saturated carbocycles. The van der Waals surface area contributed by atoms with Crippen LogP contribution < -0.4 is 5.32 Å². The van der Waals surface area contributed by atoms with E-state index in [4.69, 9.17) is 5.11 Å². The van der Waals surface area contributed by atoms with Crippen molar-refractivity contribution in [3.05, 3.63) is 83.6 Å². The van der Waals surface area contributed by atoms with Crippen LogP contribution in [-0.4, -0.2) is 35.6 Å². The molecule has 0 bridgehead atoms. The Balaban J connectivity index is 2.29. The lowest BCUT2D eigenvalue weighted by Crippen LogP contribution is -2.31. The van der Waals surface area contributed by atoms with Crippen molar-refractivity contribution in [2.45, 2.75) is 13.0 Å². The summed E-state index contributed by atoms with van der Waals surface area (Å²) >= 11 is 0. The van der Waals surface area contributed by atoms with Gasteiger partial charge in [-0.05, 0) is 18.1 Å². The number of amides is 1. The van der Waals surface area contributed by atoms with Crippen molar-refractivity contribution in [3.8, 4) is 6.07 Å². The van der Waals surface area contributed by atoms with E-state index >= 15 is 0 Å². The highest BCUT2D eigenvalue weighted by molar-refractivity contribution is 5.97. The number of nitriles is 1. The zero-order valence-corrected chi connectivity index (χ0v) is 14.8. The number of nitrogens with one attached hydrogen (secondary N) is 1. The van der Waals surface area contributed by atoms with E-state index in [0.29, 0.717) is 13.1 Å². The molecular formula is C21H23N3O2. The van der Waals surface area contributed by atoms with E-state index in [2.05, 4.69) is 5.32 Å². The first-order chi connectivity index (χ1) is 12.7.